The summed E-state index contributed by atoms with van der Waals surface area (Å²) in [5.74, 6) is 1.44. The van der Waals surface area contributed by atoms with Gasteiger partial charge in [-0.2, -0.15) is 0 Å². The minimum atomic E-state index is -0.926. The summed E-state index contributed by atoms with van der Waals surface area (Å²) < 4.78 is 20.8. The van der Waals surface area contributed by atoms with Crippen LogP contribution in [-0.2, 0) is 9.47 Å². The van der Waals surface area contributed by atoms with Crippen LogP contribution in [0.15, 0.2) is 60.7 Å². The topological polar surface area (TPSA) is 54.0 Å². The van der Waals surface area contributed by atoms with Gasteiger partial charge in [0.2, 0.25) is 0 Å². The van der Waals surface area contributed by atoms with Gasteiger partial charge in [0, 0.05) is 12.8 Å². The van der Waals surface area contributed by atoms with Crippen molar-refractivity contribution >= 4 is 29.4 Å². The van der Waals surface area contributed by atoms with Crippen LogP contribution < -0.4 is 9.47 Å². The van der Waals surface area contributed by atoms with Gasteiger partial charge in [-0.1, -0.05) is 59.6 Å². The fourth-order valence-corrected chi connectivity index (χ4v) is 2.25. The van der Waals surface area contributed by atoms with Crippen molar-refractivity contribution in [1.82, 2.24) is 0 Å². The van der Waals surface area contributed by atoms with E-state index in [0.29, 0.717) is 26.1 Å². The van der Waals surface area contributed by atoms with Gasteiger partial charge in [-0.3, -0.25) is 0 Å². The van der Waals surface area contributed by atoms with Gasteiger partial charge in [0.25, 0.3) is 0 Å². The van der Waals surface area contributed by atoms with Crippen molar-refractivity contribution in [2.75, 3.05) is 13.2 Å². The molecule has 2 rings (SSSR count). The summed E-state index contributed by atoms with van der Waals surface area (Å²) >= 11 is 11.9. The van der Waals surface area contributed by atoms with Crippen LogP contribution >= 0.6 is 23.2 Å². The molecular formula is C19H20Cl2O5. The lowest BCUT2D eigenvalue weighted by molar-refractivity contribution is 0.0283. The second kappa shape index (κ2) is 11.5. The molecule has 2 unspecified atom stereocenters. The van der Waals surface area contributed by atoms with E-state index >= 15 is 0 Å². The van der Waals surface area contributed by atoms with Gasteiger partial charge in [0.1, 0.15) is 11.5 Å². The number of ether oxygens (including phenoxy) is 4. The van der Waals surface area contributed by atoms with E-state index in [9.17, 15) is 4.79 Å². The van der Waals surface area contributed by atoms with Crippen LogP contribution in [0.3, 0.4) is 0 Å². The van der Waals surface area contributed by atoms with Crippen molar-refractivity contribution in [3.05, 3.63) is 60.7 Å². The number of alkyl halides is 2. The zero-order chi connectivity index (χ0) is 18.6. The maximum absolute atomic E-state index is 11.6. The number of benzene rings is 2. The third-order valence-electron chi connectivity index (χ3n) is 3.16. The summed E-state index contributed by atoms with van der Waals surface area (Å²) in [6.45, 7) is 0.612. The van der Waals surface area contributed by atoms with Gasteiger partial charge >= 0.3 is 6.16 Å². The molecule has 0 amide bonds. The molecule has 0 aliphatic heterocycles. The first-order valence-electron chi connectivity index (χ1n) is 8.14. The Bertz CT molecular complexity index is 583. The Morgan fingerprint density at radius 1 is 0.731 bits per heavy atom. The molecule has 2 atom stereocenters. The molecule has 0 saturated heterocycles. The van der Waals surface area contributed by atoms with Crippen LogP contribution in [0.4, 0.5) is 4.79 Å². The van der Waals surface area contributed by atoms with Crippen molar-refractivity contribution in [3.8, 4) is 11.5 Å². The molecule has 0 fully saturated rings. The van der Waals surface area contributed by atoms with Crippen molar-refractivity contribution in [2.45, 2.75) is 24.0 Å². The Kier molecular flexibility index (Phi) is 8.93. The molecule has 5 nitrogen and oxygen atoms in total. The number of hydrogen-bond acceptors (Lipinski definition) is 5. The normalized spacial score (nSPS) is 12.7. The molecule has 0 saturated carbocycles. The van der Waals surface area contributed by atoms with E-state index in [2.05, 4.69) is 0 Å². The second-order valence-electron chi connectivity index (χ2n) is 5.21. The van der Waals surface area contributed by atoms with Gasteiger partial charge in [-0.15, -0.1) is 0 Å². The maximum Gasteiger partial charge on any atom is 0.511 e. The van der Waals surface area contributed by atoms with E-state index in [4.69, 9.17) is 42.1 Å². The minimum absolute atomic E-state index is 0.306. The first-order valence-corrected chi connectivity index (χ1v) is 9.02. The van der Waals surface area contributed by atoms with Gasteiger partial charge in [-0.25, -0.2) is 4.79 Å². The predicted octanol–water partition coefficient (Wildman–Crippen LogP) is 5.21. The van der Waals surface area contributed by atoms with Crippen LogP contribution in [0, 0.1) is 0 Å². The quantitative estimate of drug-likeness (QED) is 0.406. The van der Waals surface area contributed by atoms with E-state index in [1.807, 2.05) is 60.7 Å². The molecule has 0 radical (unpaired) electrons. The fourth-order valence-electron chi connectivity index (χ4n) is 1.93. The molecule has 0 N–H and O–H groups in total. The molecule has 0 heterocycles. The monoisotopic (exact) mass is 398 g/mol. The Hall–Kier alpha value is -2.11. The molecule has 0 spiro atoms. The third-order valence-corrected chi connectivity index (χ3v) is 3.78. The van der Waals surface area contributed by atoms with Crippen molar-refractivity contribution in [1.29, 1.82) is 0 Å². The van der Waals surface area contributed by atoms with Gasteiger partial charge in [0.05, 0.1) is 13.2 Å². The average Bonchev–Trinajstić information content (AvgIpc) is 2.63. The Labute approximate surface area is 162 Å². The van der Waals surface area contributed by atoms with E-state index in [1.54, 1.807) is 0 Å². The smallest absolute Gasteiger partial charge is 0.493 e. The fraction of sp³-hybridized carbons (Fsp3) is 0.316. The van der Waals surface area contributed by atoms with Crippen LogP contribution in [0.1, 0.15) is 12.8 Å². The van der Waals surface area contributed by atoms with Crippen LogP contribution in [-0.4, -0.2) is 30.5 Å². The third kappa shape index (κ3) is 8.32. The standard InChI is InChI=1S/C19H20Cl2O5/c20-17(11-13-23-15-7-3-1-4-8-15)25-19(22)26-18(21)12-14-24-16-9-5-2-6-10-16/h1-10,17-18H,11-14H2. The predicted molar refractivity (Wildman–Crippen MR) is 100.0 cm³/mol. The largest absolute Gasteiger partial charge is 0.511 e. The molecule has 7 heteroatoms. The van der Waals surface area contributed by atoms with Gasteiger partial charge in [0.15, 0.2) is 11.1 Å². The van der Waals surface area contributed by atoms with Crippen molar-refractivity contribution < 1.29 is 23.7 Å². The second-order valence-corrected chi connectivity index (χ2v) is 6.18. The highest BCUT2D eigenvalue weighted by molar-refractivity contribution is 6.20. The average molecular weight is 399 g/mol. The Morgan fingerprint density at radius 2 is 1.12 bits per heavy atom. The highest BCUT2D eigenvalue weighted by atomic mass is 35.5. The zero-order valence-corrected chi connectivity index (χ0v) is 15.6. The van der Waals surface area contributed by atoms with Gasteiger partial charge in [-0.05, 0) is 24.3 Å². The van der Waals surface area contributed by atoms with E-state index in [1.165, 1.54) is 0 Å². The van der Waals surface area contributed by atoms with E-state index < -0.39 is 17.3 Å². The molecule has 0 aliphatic rings. The summed E-state index contributed by atoms with van der Waals surface area (Å²) in [6.07, 6.45) is -0.296. The molecule has 2 aromatic carbocycles. The maximum atomic E-state index is 11.6. The molecule has 140 valence electrons. The van der Waals surface area contributed by atoms with Gasteiger partial charge < -0.3 is 18.9 Å². The Morgan fingerprint density at radius 3 is 1.50 bits per heavy atom. The number of carbonyl (C=O) groups is 1. The van der Waals surface area contributed by atoms with Crippen LogP contribution in [0.2, 0.25) is 0 Å². The van der Waals surface area contributed by atoms with Crippen molar-refractivity contribution in [3.63, 3.8) is 0 Å². The SMILES string of the molecule is O=C(OC(Cl)CCOc1ccccc1)OC(Cl)CCOc1ccccc1. The lowest BCUT2D eigenvalue weighted by Gasteiger charge is -2.15. The van der Waals surface area contributed by atoms with Crippen LogP contribution in [0.25, 0.3) is 0 Å². The summed E-state index contributed by atoms with van der Waals surface area (Å²) in [4.78, 5) is 11.6. The minimum Gasteiger partial charge on any atom is -0.493 e. The van der Waals surface area contributed by atoms with E-state index in [0.717, 1.165) is 11.5 Å². The summed E-state index contributed by atoms with van der Waals surface area (Å²) in [5, 5.41) is 0. The highest BCUT2D eigenvalue weighted by Crippen LogP contribution is 2.14. The number of hydrogen-bond donors (Lipinski definition) is 0. The first-order chi connectivity index (χ1) is 12.6. The number of carbonyl (C=O) groups excluding carboxylic acids is 1. The number of halogens is 2. The molecule has 26 heavy (non-hydrogen) atoms. The summed E-state index contributed by atoms with van der Waals surface area (Å²) in [5.41, 5.74) is -1.73. The number of para-hydroxylation sites is 2. The molecule has 0 aromatic heterocycles. The first kappa shape index (κ1) is 20.2. The lowest BCUT2D eigenvalue weighted by Crippen LogP contribution is -2.21. The lowest BCUT2D eigenvalue weighted by atomic mass is 10.3. The van der Waals surface area contributed by atoms with E-state index in [-0.39, 0.29) is 0 Å². The molecule has 2 aromatic rings. The summed E-state index contributed by atoms with van der Waals surface area (Å²) in [7, 11) is 0. The zero-order valence-electron chi connectivity index (χ0n) is 14.1. The highest BCUT2D eigenvalue weighted by Gasteiger charge is 2.17. The number of rotatable bonds is 10. The van der Waals surface area contributed by atoms with Crippen molar-refractivity contribution in [2.24, 2.45) is 0 Å². The molecule has 0 aliphatic carbocycles. The van der Waals surface area contributed by atoms with Crippen LogP contribution in [0.5, 0.6) is 11.5 Å². The molecule has 0 bridgehead atoms. The molecular weight excluding hydrogens is 379 g/mol. The summed E-state index contributed by atoms with van der Waals surface area (Å²) in [6, 6.07) is 18.6. The Balaban J connectivity index is 1.56.